The Bertz CT molecular complexity index is 1490. The second kappa shape index (κ2) is 11.0. The van der Waals surface area contributed by atoms with E-state index in [4.69, 9.17) is 11.6 Å². The second-order valence-electron chi connectivity index (χ2n) is 7.73. The quantitative estimate of drug-likeness (QED) is 0.268. The molecule has 0 radical (unpaired) electrons. The number of amides is 1. The van der Waals surface area contributed by atoms with Crippen molar-refractivity contribution in [3.8, 4) is 17.1 Å². The van der Waals surface area contributed by atoms with Gasteiger partial charge in [0.05, 0.1) is 23.7 Å². The van der Waals surface area contributed by atoms with Crippen LogP contribution < -0.4 is 5.32 Å². The molecule has 36 heavy (non-hydrogen) atoms. The summed E-state index contributed by atoms with van der Waals surface area (Å²) in [4.78, 5) is 25.4. The van der Waals surface area contributed by atoms with Crippen LogP contribution in [-0.2, 0) is 12.3 Å². The highest BCUT2D eigenvalue weighted by Gasteiger charge is 2.19. The molecule has 8 nitrogen and oxygen atoms in total. The van der Waals surface area contributed by atoms with Crippen LogP contribution in [0.4, 0.5) is 0 Å². The molecule has 0 atom stereocenters. The van der Waals surface area contributed by atoms with Gasteiger partial charge >= 0.3 is 0 Å². The van der Waals surface area contributed by atoms with Gasteiger partial charge < -0.3 is 5.32 Å². The Labute approximate surface area is 220 Å². The first-order valence-electron chi connectivity index (χ1n) is 11.0. The van der Waals surface area contributed by atoms with Gasteiger partial charge in [-0.15, -0.1) is 21.5 Å². The minimum absolute atomic E-state index is 0.231. The van der Waals surface area contributed by atoms with Crippen LogP contribution in [0.25, 0.3) is 17.1 Å². The molecule has 0 spiro atoms. The first-order valence-corrected chi connectivity index (χ1v) is 13.2. The maximum Gasteiger partial charge on any atom is 0.271 e. The third-order valence-electron chi connectivity index (χ3n) is 5.25. The van der Waals surface area contributed by atoms with E-state index in [1.165, 1.54) is 23.1 Å². The normalized spacial score (nSPS) is 10.9. The molecule has 11 heteroatoms. The summed E-state index contributed by atoms with van der Waals surface area (Å²) < 4.78 is 2.00. The zero-order valence-corrected chi connectivity index (χ0v) is 21.5. The van der Waals surface area contributed by atoms with Gasteiger partial charge in [-0.3, -0.25) is 19.3 Å². The summed E-state index contributed by atoms with van der Waals surface area (Å²) in [6.45, 7) is 2.37. The number of nitrogens with zero attached hydrogens (tertiary/aromatic N) is 6. The molecule has 1 N–H and O–H groups in total. The Hall–Kier alpha value is -3.60. The molecule has 0 aliphatic carbocycles. The monoisotopic (exact) mass is 533 g/mol. The topological polar surface area (TPSA) is 98.5 Å². The van der Waals surface area contributed by atoms with Crippen molar-refractivity contribution in [2.45, 2.75) is 24.4 Å². The standard InChI is InChI=1S/C25H20ClN7OS2/c1-16-5-6-18(26)12-21(16)33-23(17-7-10-27-11-8-17)31-32-25(33)36-15-22-30-20(14-35-22)24(34)29-13-19-4-2-3-9-28-19/h2-12,14H,13,15H2,1H3,(H,29,34). The summed E-state index contributed by atoms with van der Waals surface area (Å²) in [7, 11) is 0. The minimum Gasteiger partial charge on any atom is -0.345 e. The fourth-order valence-corrected chi connectivity index (χ4v) is 5.37. The fraction of sp³-hybridized carbons (Fsp3) is 0.120. The molecule has 5 rings (SSSR count). The van der Waals surface area contributed by atoms with Gasteiger partial charge in [0.2, 0.25) is 0 Å². The zero-order chi connectivity index (χ0) is 24.9. The molecule has 0 unspecified atom stereocenters. The Morgan fingerprint density at radius 3 is 2.78 bits per heavy atom. The van der Waals surface area contributed by atoms with Gasteiger partial charge in [-0.1, -0.05) is 35.5 Å². The number of pyridine rings is 2. The summed E-state index contributed by atoms with van der Waals surface area (Å²) in [6.07, 6.45) is 5.15. The fourth-order valence-electron chi connectivity index (χ4n) is 3.46. The summed E-state index contributed by atoms with van der Waals surface area (Å²) in [5.41, 5.74) is 4.01. The molecule has 5 aromatic rings. The van der Waals surface area contributed by atoms with Crippen molar-refractivity contribution in [1.29, 1.82) is 0 Å². The van der Waals surface area contributed by atoms with Gasteiger partial charge in [-0.2, -0.15) is 0 Å². The van der Waals surface area contributed by atoms with E-state index in [1.807, 2.05) is 60.0 Å². The molecule has 4 aromatic heterocycles. The molecule has 180 valence electrons. The van der Waals surface area contributed by atoms with Crippen LogP contribution in [0, 0.1) is 6.92 Å². The number of thioether (sulfide) groups is 1. The predicted octanol–water partition coefficient (Wildman–Crippen LogP) is 5.36. The summed E-state index contributed by atoms with van der Waals surface area (Å²) in [5.74, 6) is 0.997. The van der Waals surface area contributed by atoms with E-state index in [9.17, 15) is 4.79 Å². The van der Waals surface area contributed by atoms with E-state index < -0.39 is 0 Å². The molecule has 0 aliphatic heterocycles. The molecule has 0 bridgehead atoms. The first-order chi connectivity index (χ1) is 17.6. The molecule has 0 fully saturated rings. The van der Waals surface area contributed by atoms with E-state index in [2.05, 4.69) is 30.5 Å². The van der Waals surface area contributed by atoms with Gasteiger partial charge in [0.1, 0.15) is 10.7 Å². The molecule has 0 saturated heterocycles. The third-order valence-corrected chi connectivity index (χ3v) is 7.46. The SMILES string of the molecule is Cc1ccc(Cl)cc1-n1c(SCc2nc(C(=O)NCc3ccccn3)cs2)nnc1-c1ccncc1. The van der Waals surface area contributed by atoms with E-state index in [0.29, 0.717) is 34.0 Å². The number of hydrogen-bond acceptors (Lipinski definition) is 8. The Morgan fingerprint density at radius 1 is 1.11 bits per heavy atom. The average molecular weight is 534 g/mol. The minimum atomic E-state index is -0.231. The Balaban J connectivity index is 1.35. The smallest absolute Gasteiger partial charge is 0.271 e. The van der Waals surface area contributed by atoms with Crippen LogP contribution in [0.1, 0.15) is 26.8 Å². The van der Waals surface area contributed by atoms with Crippen molar-refractivity contribution in [3.63, 3.8) is 0 Å². The van der Waals surface area contributed by atoms with Crippen LogP contribution in [0.15, 0.2) is 77.7 Å². The van der Waals surface area contributed by atoms with Crippen LogP contribution >= 0.6 is 34.7 Å². The summed E-state index contributed by atoms with van der Waals surface area (Å²) in [5, 5.41) is 15.7. The van der Waals surface area contributed by atoms with E-state index >= 15 is 0 Å². The van der Waals surface area contributed by atoms with Gasteiger partial charge in [-0.05, 0) is 48.9 Å². The Kier molecular flexibility index (Phi) is 7.36. The number of nitrogens with one attached hydrogen (secondary N) is 1. The average Bonchev–Trinajstić information content (AvgIpc) is 3.56. The highest BCUT2D eigenvalue weighted by Crippen LogP contribution is 2.32. The van der Waals surface area contributed by atoms with Crippen LogP contribution in [0.2, 0.25) is 5.02 Å². The maximum atomic E-state index is 12.5. The van der Waals surface area contributed by atoms with Crippen molar-refractivity contribution in [3.05, 3.63) is 99.5 Å². The number of thiazole rings is 1. The third kappa shape index (κ3) is 5.46. The number of rotatable bonds is 8. The number of benzene rings is 1. The molecule has 1 aromatic carbocycles. The molecule has 0 aliphatic rings. The van der Waals surface area contributed by atoms with Crippen molar-refractivity contribution in [1.82, 2.24) is 35.0 Å². The second-order valence-corrected chi connectivity index (χ2v) is 10.0. The summed E-state index contributed by atoms with van der Waals surface area (Å²) >= 11 is 9.26. The summed E-state index contributed by atoms with van der Waals surface area (Å²) in [6, 6.07) is 15.1. The number of carbonyl (C=O) groups excluding carboxylic acids is 1. The Morgan fingerprint density at radius 2 is 1.97 bits per heavy atom. The zero-order valence-electron chi connectivity index (χ0n) is 19.1. The van der Waals surface area contributed by atoms with E-state index in [-0.39, 0.29) is 5.91 Å². The first kappa shape index (κ1) is 24.1. The number of hydrogen-bond donors (Lipinski definition) is 1. The predicted molar refractivity (Wildman–Crippen MR) is 141 cm³/mol. The lowest BCUT2D eigenvalue weighted by atomic mass is 10.2. The van der Waals surface area contributed by atoms with Crippen molar-refractivity contribution >= 4 is 40.6 Å². The van der Waals surface area contributed by atoms with Crippen molar-refractivity contribution in [2.75, 3.05) is 0 Å². The van der Waals surface area contributed by atoms with E-state index in [0.717, 1.165) is 27.5 Å². The highest BCUT2D eigenvalue weighted by molar-refractivity contribution is 7.98. The largest absolute Gasteiger partial charge is 0.345 e. The van der Waals surface area contributed by atoms with Crippen LogP contribution in [0.5, 0.6) is 0 Å². The lowest BCUT2D eigenvalue weighted by Gasteiger charge is -2.13. The molecule has 0 saturated carbocycles. The molecule has 4 heterocycles. The van der Waals surface area contributed by atoms with Crippen molar-refractivity contribution in [2.24, 2.45) is 0 Å². The van der Waals surface area contributed by atoms with Crippen LogP contribution in [0.3, 0.4) is 0 Å². The highest BCUT2D eigenvalue weighted by atomic mass is 35.5. The lowest BCUT2D eigenvalue weighted by molar-refractivity contribution is 0.0946. The molecular weight excluding hydrogens is 514 g/mol. The van der Waals surface area contributed by atoms with Crippen molar-refractivity contribution < 1.29 is 4.79 Å². The van der Waals surface area contributed by atoms with E-state index in [1.54, 1.807) is 24.0 Å². The van der Waals surface area contributed by atoms with Gasteiger partial charge in [0, 0.05) is 34.6 Å². The van der Waals surface area contributed by atoms with Crippen LogP contribution in [-0.4, -0.2) is 35.6 Å². The molecule has 1 amide bonds. The number of aryl methyl sites for hydroxylation is 1. The van der Waals surface area contributed by atoms with Gasteiger partial charge in [0.15, 0.2) is 11.0 Å². The number of halogens is 1. The lowest BCUT2D eigenvalue weighted by Crippen LogP contribution is -2.23. The maximum absolute atomic E-state index is 12.5. The number of carbonyl (C=O) groups is 1. The number of aromatic nitrogens is 6. The van der Waals surface area contributed by atoms with Gasteiger partial charge in [0.25, 0.3) is 5.91 Å². The van der Waals surface area contributed by atoms with Gasteiger partial charge in [-0.25, -0.2) is 4.98 Å². The molecular formula is C25H20ClN7OS2.